The molecule has 0 fully saturated rings. The van der Waals surface area contributed by atoms with Gasteiger partial charge in [0.25, 0.3) is 0 Å². The van der Waals surface area contributed by atoms with Gasteiger partial charge in [0.2, 0.25) is 5.28 Å². The Morgan fingerprint density at radius 1 is 1.14 bits per heavy atom. The van der Waals surface area contributed by atoms with Crippen LogP contribution in [-0.2, 0) is 0 Å². The van der Waals surface area contributed by atoms with Gasteiger partial charge in [-0.25, -0.2) is 4.98 Å². The van der Waals surface area contributed by atoms with Crippen molar-refractivity contribution in [2.45, 2.75) is 0 Å². The number of nitrogens with zero attached hydrogens (tertiary/aromatic N) is 2. The fraction of sp³-hybridized carbons (Fsp3) is 0. The number of halogens is 3. The summed E-state index contributed by atoms with van der Waals surface area (Å²) in [6, 6.07) is 5.20. The van der Waals surface area contributed by atoms with E-state index in [2.05, 4.69) is 4.98 Å². The normalized spacial score (nSPS) is 10.5. The van der Waals surface area contributed by atoms with Crippen molar-refractivity contribution >= 4 is 34.8 Å². The fourth-order valence-electron chi connectivity index (χ4n) is 1.14. The van der Waals surface area contributed by atoms with Gasteiger partial charge in [0.1, 0.15) is 0 Å². The molecule has 0 radical (unpaired) electrons. The van der Waals surface area contributed by atoms with Crippen LogP contribution in [0.4, 0.5) is 0 Å². The molecule has 1 aromatic heterocycles. The number of rotatable bonds is 1. The molecule has 0 atom stereocenters. The molecule has 0 aliphatic heterocycles. The Morgan fingerprint density at radius 3 is 2.50 bits per heavy atom. The van der Waals surface area contributed by atoms with Crippen molar-refractivity contribution in [1.82, 2.24) is 9.55 Å². The zero-order valence-electron chi connectivity index (χ0n) is 6.92. The van der Waals surface area contributed by atoms with Crippen molar-refractivity contribution in [1.29, 1.82) is 0 Å². The summed E-state index contributed by atoms with van der Waals surface area (Å²) in [4.78, 5) is 3.89. The molecule has 0 aliphatic carbocycles. The van der Waals surface area contributed by atoms with E-state index in [4.69, 9.17) is 34.8 Å². The Morgan fingerprint density at radius 2 is 1.93 bits per heavy atom. The van der Waals surface area contributed by atoms with Crippen LogP contribution in [0.5, 0.6) is 0 Å². The summed E-state index contributed by atoms with van der Waals surface area (Å²) >= 11 is 17.6. The maximum atomic E-state index is 6.00. The highest BCUT2D eigenvalue weighted by Crippen LogP contribution is 2.26. The van der Waals surface area contributed by atoms with Crippen LogP contribution in [0, 0.1) is 0 Å². The van der Waals surface area contributed by atoms with Crippen molar-refractivity contribution in [3.05, 3.63) is 45.9 Å². The van der Waals surface area contributed by atoms with Gasteiger partial charge in [-0.3, -0.25) is 4.57 Å². The Kier molecular flexibility index (Phi) is 2.68. The zero-order chi connectivity index (χ0) is 10.1. The van der Waals surface area contributed by atoms with Crippen molar-refractivity contribution < 1.29 is 0 Å². The van der Waals surface area contributed by atoms with Crippen LogP contribution >= 0.6 is 34.8 Å². The fourth-order valence-corrected chi connectivity index (χ4v) is 1.84. The lowest BCUT2D eigenvalue weighted by molar-refractivity contribution is 1.06. The maximum absolute atomic E-state index is 6.00. The monoisotopic (exact) mass is 246 g/mol. The van der Waals surface area contributed by atoms with E-state index in [0.29, 0.717) is 15.3 Å². The first-order chi connectivity index (χ1) is 6.68. The molecule has 0 saturated carbocycles. The lowest BCUT2D eigenvalue weighted by Crippen LogP contribution is -1.92. The van der Waals surface area contributed by atoms with Crippen LogP contribution in [0.15, 0.2) is 30.6 Å². The number of imidazole rings is 1. The summed E-state index contributed by atoms with van der Waals surface area (Å²) in [7, 11) is 0. The van der Waals surface area contributed by atoms with Gasteiger partial charge in [-0.05, 0) is 29.8 Å². The summed E-state index contributed by atoms with van der Waals surface area (Å²) in [5, 5.41) is 1.50. The molecule has 5 heteroatoms. The van der Waals surface area contributed by atoms with Crippen LogP contribution in [0.1, 0.15) is 0 Å². The largest absolute Gasteiger partial charge is 0.289 e. The zero-order valence-corrected chi connectivity index (χ0v) is 9.18. The molecule has 1 heterocycles. The van der Waals surface area contributed by atoms with E-state index in [1.807, 2.05) is 0 Å². The molecule has 2 aromatic rings. The van der Waals surface area contributed by atoms with E-state index in [9.17, 15) is 0 Å². The van der Waals surface area contributed by atoms with E-state index < -0.39 is 0 Å². The molecular formula is C9H5Cl3N2. The number of benzene rings is 1. The van der Waals surface area contributed by atoms with Crippen molar-refractivity contribution in [3.63, 3.8) is 0 Å². The molecule has 0 saturated heterocycles. The molecule has 2 nitrogen and oxygen atoms in total. The molecule has 0 aliphatic rings. The molecular weight excluding hydrogens is 242 g/mol. The second-order valence-corrected chi connectivity index (χ2v) is 3.84. The minimum atomic E-state index is 0.370. The highest BCUT2D eigenvalue weighted by molar-refractivity contribution is 6.36. The Labute approximate surface area is 96.0 Å². The Balaban J connectivity index is 2.58. The molecule has 0 bridgehead atoms. The van der Waals surface area contributed by atoms with Gasteiger partial charge in [-0.2, -0.15) is 0 Å². The van der Waals surface area contributed by atoms with Gasteiger partial charge in [0.15, 0.2) is 0 Å². The Bertz CT molecular complexity index is 465. The molecule has 14 heavy (non-hydrogen) atoms. The standard InChI is InChI=1S/C9H5Cl3N2/c10-6-1-2-8(7(11)5-6)14-4-3-13-9(14)12/h1-5H. The number of hydrogen-bond acceptors (Lipinski definition) is 1. The lowest BCUT2D eigenvalue weighted by atomic mass is 10.3. The molecule has 0 N–H and O–H groups in total. The first kappa shape index (κ1) is 9.84. The highest BCUT2D eigenvalue weighted by Gasteiger charge is 2.06. The predicted octanol–water partition coefficient (Wildman–Crippen LogP) is 3.83. The number of aromatic nitrogens is 2. The second kappa shape index (κ2) is 3.81. The lowest BCUT2D eigenvalue weighted by Gasteiger charge is -2.05. The van der Waals surface area contributed by atoms with Crippen LogP contribution in [-0.4, -0.2) is 9.55 Å². The molecule has 1 aromatic carbocycles. The summed E-state index contributed by atoms with van der Waals surface area (Å²) in [5.74, 6) is 0. The third-order valence-electron chi connectivity index (χ3n) is 1.76. The predicted molar refractivity (Wildman–Crippen MR) is 58.6 cm³/mol. The van der Waals surface area contributed by atoms with Crippen LogP contribution in [0.3, 0.4) is 0 Å². The van der Waals surface area contributed by atoms with Crippen molar-refractivity contribution in [2.75, 3.05) is 0 Å². The van der Waals surface area contributed by atoms with E-state index >= 15 is 0 Å². The van der Waals surface area contributed by atoms with Crippen LogP contribution < -0.4 is 0 Å². The summed E-state index contributed by atoms with van der Waals surface area (Å²) in [6.45, 7) is 0. The summed E-state index contributed by atoms with van der Waals surface area (Å²) in [5.41, 5.74) is 0.763. The van der Waals surface area contributed by atoms with Gasteiger partial charge in [0, 0.05) is 17.4 Å². The minimum absolute atomic E-state index is 0.370. The first-order valence-corrected chi connectivity index (χ1v) is 4.96. The smallest absolute Gasteiger partial charge is 0.207 e. The summed E-state index contributed by atoms with van der Waals surface area (Å²) in [6.07, 6.45) is 3.34. The van der Waals surface area contributed by atoms with E-state index in [0.717, 1.165) is 5.69 Å². The first-order valence-electron chi connectivity index (χ1n) is 3.83. The average Bonchev–Trinajstić information content (AvgIpc) is 2.52. The molecule has 2 rings (SSSR count). The van der Waals surface area contributed by atoms with Crippen LogP contribution in [0.25, 0.3) is 5.69 Å². The molecule has 0 unspecified atom stereocenters. The molecule has 0 amide bonds. The Hall–Kier alpha value is -0.700. The number of hydrogen-bond donors (Lipinski definition) is 0. The van der Waals surface area contributed by atoms with Gasteiger partial charge in [-0.15, -0.1) is 0 Å². The topological polar surface area (TPSA) is 17.8 Å². The molecule has 72 valence electrons. The van der Waals surface area contributed by atoms with E-state index in [1.54, 1.807) is 35.2 Å². The van der Waals surface area contributed by atoms with E-state index in [-0.39, 0.29) is 0 Å². The average molecular weight is 248 g/mol. The minimum Gasteiger partial charge on any atom is -0.289 e. The van der Waals surface area contributed by atoms with Gasteiger partial charge in [0.05, 0.1) is 10.7 Å². The van der Waals surface area contributed by atoms with Crippen LogP contribution in [0.2, 0.25) is 15.3 Å². The van der Waals surface area contributed by atoms with Gasteiger partial charge in [-0.1, -0.05) is 23.2 Å². The van der Waals surface area contributed by atoms with E-state index in [1.165, 1.54) is 0 Å². The van der Waals surface area contributed by atoms with Crippen molar-refractivity contribution in [3.8, 4) is 5.69 Å². The third-order valence-corrected chi connectivity index (χ3v) is 2.58. The molecule has 0 spiro atoms. The highest BCUT2D eigenvalue weighted by atomic mass is 35.5. The van der Waals surface area contributed by atoms with Gasteiger partial charge < -0.3 is 0 Å². The van der Waals surface area contributed by atoms with Gasteiger partial charge >= 0.3 is 0 Å². The SMILES string of the molecule is Clc1ccc(-n2ccnc2Cl)c(Cl)c1. The van der Waals surface area contributed by atoms with Crippen molar-refractivity contribution in [2.24, 2.45) is 0 Å². The maximum Gasteiger partial charge on any atom is 0.207 e. The quantitative estimate of drug-likeness (QED) is 0.749. The third kappa shape index (κ3) is 1.73. The second-order valence-electron chi connectivity index (χ2n) is 2.66. The summed E-state index contributed by atoms with van der Waals surface area (Å²) < 4.78 is 1.68.